The van der Waals surface area contributed by atoms with Crippen LogP contribution in [0.3, 0.4) is 0 Å². The SMILES string of the molecule is OB(O)c1cncc(OCc2ccc(C(F)(F)F)cc2)c1. The van der Waals surface area contributed by atoms with Crippen molar-refractivity contribution in [1.82, 2.24) is 4.98 Å². The van der Waals surface area contributed by atoms with Crippen LogP contribution in [-0.4, -0.2) is 22.2 Å². The smallest absolute Gasteiger partial charge is 0.487 e. The Morgan fingerprint density at radius 1 is 1.10 bits per heavy atom. The van der Waals surface area contributed by atoms with Crippen LogP contribution in [0.1, 0.15) is 11.1 Å². The summed E-state index contributed by atoms with van der Waals surface area (Å²) in [6.45, 7) is 0.0464. The van der Waals surface area contributed by atoms with Gasteiger partial charge in [-0.25, -0.2) is 0 Å². The second-order valence-electron chi connectivity index (χ2n) is 4.31. The zero-order chi connectivity index (χ0) is 15.5. The molecule has 110 valence electrons. The van der Waals surface area contributed by atoms with E-state index in [1.54, 1.807) is 0 Å². The zero-order valence-electron chi connectivity index (χ0n) is 10.7. The predicted molar refractivity (Wildman–Crippen MR) is 69.8 cm³/mol. The molecule has 2 rings (SSSR count). The van der Waals surface area contributed by atoms with E-state index in [2.05, 4.69) is 4.98 Å². The monoisotopic (exact) mass is 297 g/mol. The van der Waals surface area contributed by atoms with Crippen LogP contribution in [0.5, 0.6) is 5.75 Å². The van der Waals surface area contributed by atoms with Crippen molar-refractivity contribution in [2.75, 3.05) is 0 Å². The minimum absolute atomic E-state index is 0.0464. The number of halogens is 3. The number of rotatable bonds is 4. The van der Waals surface area contributed by atoms with Gasteiger partial charge in [-0.2, -0.15) is 13.2 Å². The molecule has 4 nitrogen and oxygen atoms in total. The maximum atomic E-state index is 12.4. The van der Waals surface area contributed by atoms with Crippen LogP contribution in [0.4, 0.5) is 13.2 Å². The van der Waals surface area contributed by atoms with Gasteiger partial charge in [0, 0.05) is 11.7 Å². The summed E-state index contributed by atoms with van der Waals surface area (Å²) in [5.41, 5.74) is -0.00353. The number of pyridine rings is 1. The number of alkyl halides is 3. The van der Waals surface area contributed by atoms with Crippen LogP contribution in [0, 0.1) is 0 Å². The maximum Gasteiger partial charge on any atom is 0.490 e. The highest BCUT2D eigenvalue weighted by molar-refractivity contribution is 6.58. The van der Waals surface area contributed by atoms with Gasteiger partial charge in [-0.15, -0.1) is 0 Å². The van der Waals surface area contributed by atoms with Gasteiger partial charge in [0.05, 0.1) is 11.8 Å². The predicted octanol–water partition coefficient (Wildman–Crippen LogP) is 1.36. The summed E-state index contributed by atoms with van der Waals surface area (Å²) in [4.78, 5) is 3.77. The largest absolute Gasteiger partial charge is 0.490 e. The molecule has 0 radical (unpaired) electrons. The van der Waals surface area contributed by atoms with Gasteiger partial charge in [0.25, 0.3) is 0 Å². The molecule has 0 saturated heterocycles. The topological polar surface area (TPSA) is 62.6 Å². The lowest BCUT2D eigenvalue weighted by Crippen LogP contribution is -2.30. The number of nitrogens with zero attached hydrogens (tertiary/aromatic N) is 1. The molecule has 1 aromatic heterocycles. The van der Waals surface area contributed by atoms with Gasteiger partial charge in [-0.05, 0) is 23.8 Å². The van der Waals surface area contributed by atoms with Crippen molar-refractivity contribution in [3.63, 3.8) is 0 Å². The fraction of sp³-hybridized carbons (Fsp3) is 0.154. The molecule has 0 aliphatic rings. The zero-order valence-corrected chi connectivity index (χ0v) is 10.7. The number of hydrogen-bond donors (Lipinski definition) is 2. The Morgan fingerprint density at radius 3 is 2.33 bits per heavy atom. The second-order valence-corrected chi connectivity index (χ2v) is 4.31. The Labute approximate surface area is 119 Å². The van der Waals surface area contributed by atoms with E-state index in [1.165, 1.54) is 30.6 Å². The minimum atomic E-state index is -4.37. The van der Waals surface area contributed by atoms with E-state index in [-0.39, 0.29) is 12.1 Å². The van der Waals surface area contributed by atoms with Crippen LogP contribution in [0.15, 0.2) is 42.7 Å². The molecule has 0 amide bonds. The average molecular weight is 297 g/mol. The average Bonchev–Trinajstić information content (AvgIpc) is 2.45. The quantitative estimate of drug-likeness (QED) is 0.837. The first-order valence-corrected chi connectivity index (χ1v) is 5.96. The number of aromatic nitrogens is 1. The molecular formula is C13H11BF3NO3. The van der Waals surface area contributed by atoms with Crippen LogP contribution in [0.25, 0.3) is 0 Å². The number of ether oxygens (including phenoxy) is 1. The molecule has 2 N–H and O–H groups in total. The van der Waals surface area contributed by atoms with Gasteiger partial charge in [-0.1, -0.05) is 12.1 Å². The first-order chi connectivity index (χ1) is 9.86. The highest BCUT2D eigenvalue weighted by Gasteiger charge is 2.29. The third-order valence-corrected chi connectivity index (χ3v) is 2.72. The van der Waals surface area contributed by atoms with E-state index in [0.717, 1.165) is 12.1 Å². The lowest BCUT2D eigenvalue weighted by atomic mass is 9.82. The fourth-order valence-corrected chi connectivity index (χ4v) is 1.61. The first-order valence-electron chi connectivity index (χ1n) is 5.96. The third-order valence-electron chi connectivity index (χ3n) is 2.72. The molecule has 0 aliphatic carbocycles. The molecule has 0 aliphatic heterocycles. The molecule has 1 heterocycles. The van der Waals surface area contributed by atoms with Crippen molar-refractivity contribution in [2.45, 2.75) is 12.8 Å². The van der Waals surface area contributed by atoms with E-state index < -0.39 is 18.9 Å². The molecule has 8 heteroatoms. The summed E-state index contributed by atoms with van der Waals surface area (Å²) in [5.74, 6) is 0.292. The summed E-state index contributed by atoms with van der Waals surface area (Å²) in [7, 11) is -1.66. The van der Waals surface area contributed by atoms with Gasteiger partial charge in [-0.3, -0.25) is 4.98 Å². The van der Waals surface area contributed by atoms with Crippen LogP contribution >= 0.6 is 0 Å². The second kappa shape index (κ2) is 6.15. The highest BCUT2D eigenvalue weighted by atomic mass is 19.4. The van der Waals surface area contributed by atoms with Crippen LogP contribution in [-0.2, 0) is 12.8 Å². The molecule has 0 spiro atoms. The van der Waals surface area contributed by atoms with Crippen molar-refractivity contribution in [3.05, 3.63) is 53.9 Å². The Bertz CT molecular complexity index is 602. The Morgan fingerprint density at radius 2 is 1.76 bits per heavy atom. The molecule has 0 saturated carbocycles. The van der Waals surface area contributed by atoms with Crippen molar-refractivity contribution in [3.8, 4) is 5.75 Å². The molecular weight excluding hydrogens is 286 g/mol. The highest BCUT2D eigenvalue weighted by Crippen LogP contribution is 2.29. The molecule has 0 fully saturated rings. The molecule has 1 aromatic carbocycles. The van der Waals surface area contributed by atoms with E-state index in [9.17, 15) is 13.2 Å². The van der Waals surface area contributed by atoms with Crippen LogP contribution in [0.2, 0.25) is 0 Å². The first kappa shape index (κ1) is 15.3. The van der Waals surface area contributed by atoms with Gasteiger partial charge in [0.1, 0.15) is 12.4 Å². The normalized spacial score (nSPS) is 11.3. The van der Waals surface area contributed by atoms with Crippen molar-refractivity contribution >= 4 is 12.6 Å². The maximum absolute atomic E-state index is 12.4. The van der Waals surface area contributed by atoms with Gasteiger partial charge in [0.2, 0.25) is 0 Å². The lowest BCUT2D eigenvalue weighted by molar-refractivity contribution is -0.137. The number of benzene rings is 1. The van der Waals surface area contributed by atoms with E-state index >= 15 is 0 Å². The van der Waals surface area contributed by atoms with Crippen molar-refractivity contribution < 1.29 is 28.0 Å². The Hall–Kier alpha value is -2.06. The molecule has 0 unspecified atom stereocenters. The van der Waals surface area contributed by atoms with Crippen LogP contribution < -0.4 is 10.2 Å². The molecule has 2 aromatic rings. The Kier molecular flexibility index (Phi) is 4.49. The van der Waals surface area contributed by atoms with E-state index in [0.29, 0.717) is 11.3 Å². The lowest BCUT2D eigenvalue weighted by Gasteiger charge is -2.09. The minimum Gasteiger partial charge on any atom is -0.487 e. The molecule has 21 heavy (non-hydrogen) atoms. The summed E-state index contributed by atoms with van der Waals surface area (Å²) >= 11 is 0. The summed E-state index contributed by atoms with van der Waals surface area (Å²) < 4.78 is 42.6. The van der Waals surface area contributed by atoms with E-state index in [4.69, 9.17) is 14.8 Å². The number of hydrogen-bond acceptors (Lipinski definition) is 4. The van der Waals surface area contributed by atoms with Crippen molar-refractivity contribution in [2.24, 2.45) is 0 Å². The standard InChI is InChI=1S/C13H11BF3NO3/c15-13(16,17)10-3-1-9(2-4-10)8-21-12-5-11(14(19)20)6-18-7-12/h1-7,19-20H,8H2. The van der Waals surface area contributed by atoms with Gasteiger partial charge in [0.15, 0.2) is 0 Å². The summed E-state index contributed by atoms with van der Waals surface area (Å²) in [5, 5.41) is 18.0. The molecule has 0 atom stereocenters. The van der Waals surface area contributed by atoms with Crippen molar-refractivity contribution in [1.29, 1.82) is 0 Å². The fourth-order valence-electron chi connectivity index (χ4n) is 1.61. The molecule has 0 bridgehead atoms. The van der Waals surface area contributed by atoms with E-state index in [1.807, 2.05) is 0 Å². The third kappa shape index (κ3) is 4.20. The van der Waals surface area contributed by atoms with Gasteiger partial charge < -0.3 is 14.8 Å². The Balaban J connectivity index is 2.01. The summed E-state index contributed by atoms with van der Waals surface area (Å²) in [6, 6.07) is 5.99. The van der Waals surface area contributed by atoms with Gasteiger partial charge >= 0.3 is 13.3 Å². The summed E-state index contributed by atoms with van der Waals surface area (Å²) in [6.07, 6.45) is -1.72.